The zero-order valence-corrected chi connectivity index (χ0v) is 14.9. The Morgan fingerprint density at radius 3 is 2.58 bits per heavy atom. The highest BCUT2D eigenvalue weighted by Crippen LogP contribution is 2.27. The van der Waals surface area contributed by atoms with Crippen LogP contribution in [0.15, 0.2) is 53.1 Å². The molecule has 2 aromatic carbocycles. The van der Waals surface area contributed by atoms with Gasteiger partial charge in [-0.25, -0.2) is 9.78 Å². The van der Waals surface area contributed by atoms with Gasteiger partial charge in [-0.2, -0.15) is 0 Å². The highest BCUT2D eigenvalue weighted by atomic mass is 35.5. The van der Waals surface area contributed by atoms with Crippen LogP contribution in [0, 0.1) is 0 Å². The summed E-state index contributed by atoms with van der Waals surface area (Å²) in [5.41, 5.74) is 1.80. The number of nitrogens with zero attached hydrogens (tertiary/aromatic N) is 1. The van der Waals surface area contributed by atoms with E-state index in [1.807, 2.05) is 24.3 Å². The summed E-state index contributed by atoms with van der Waals surface area (Å²) in [5.74, 6) is 1.22. The van der Waals surface area contributed by atoms with E-state index >= 15 is 0 Å². The Labute approximate surface area is 155 Å². The lowest BCUT2D eigenvalue weighted by molar-refractivity contribution is 0.0600. The molecular weight excluding hydrogens is 358 g/mol. The fourth-order valence-corrected chi connectivity index (χ4v) is 2.49. The van der Waals surface area contributed by atoms with Crippen LogP contribution < -0.4 is 9.47 Å². The number of aromatic nitrogens is 1. The van der Waals surface area contributed by atoms with Gasteiger partial charge in [0.05, 0.1) is 24.8 Å². The average molecular weight is 374 g/mol. The molecule has 6 nitrogen and oxygen atoms in total. The summed E-state index contributed by atoms with van der Waals surface area (Å²) in [5, 5.41) is 0.312. The van der Waals surface area contributed by atoms with Gasteiger partial charge >= 0.3 is 5.97 Å². The number of esters is 1. The van der Waals surface area contributed by atoms with Gasteiger partial charge in [0.1, 0.15) is 30.1 Å². The molecule has 0 N–H and O–H groups in total. The number of halogens is 1. The molecule has 1 aromatic heterocycles. The first kappa shape index (κ1) is 17.8. The Kier molecular flexibility index (Phi) is 5.43. The molecule has 0 aliphatic heterocycles. The van der Waals surface area contributed by atoms with Crippen LogP contribution in [0.4, 0.5) is 0 Å². The van der Waals surface area contributed by atoms with Crippen molar-refractivity contribution < 1.29 is 23.4 Å². The molecule has 7 heteroatoms. The van der Waals surface area contributed by atoms with E-state index in [0.717, 1.165) is 11.3 Å². The van der Waals surface area contributed by atoms with Crippen molar-refractivity contribution in [2.24, 2.45) is 0 Å². The van der Waals surface area contributed by atoms with Gasteiger partial charge in [0.2, 0.25) is 5.89 Å². The first-order valence-corrected chi connectivity index (χ1v) is 8.08. The molecule has 0 unspecified atom stereocenters. The number of methoxy groups -OCH3 is 2. The summed E-state index contributed by atoms with van der Waals surface area (Å²) in [7, 11) is 2.92. The van der Waals surface area contributed by atoms with Crippen LogP contribution in [0.1, 0.15) is 16.1 Å². The number of rotatable bonds is 6. The minimum Gasteiger partial charge on any atom is -0.497 e. The third kappa shape index (κ3) is 3.97. The molecule has 0 aliphatic rings. The van der Waals surface area contributed by atoms with Crippen molar-refractivity contribution in [2.75, 3.05) is 14.2 Å². The van der Waals surface area contributed by atoms with E-state index in [1.165, 1.54) is 19.4 Å². The lowest BCUT2D eigenvalue weighted by Gasteiger charge is -2.07. The maximum absolute atomic E-state index is 11.5. The molecule has 0 aliphatic carbocycles. The van der Waals surface area contributed by atoms with Gasteiger partial charge in [0, 0.05) is 5.56 Å². The summed E-state index contributed by atoms with van der Waals surface area (Å²) in [6.07, 6.45) is 1.52. The fraction of sp³-hybridized carbons (Fsp3) is 0.158. The fourth-order valence-electron chi connectivity index (χ4n) is 2.25. The Morgan fingerprint density at radius 1 is 1.15 bits per heavy atom. The molecule has 0 saturated carbocycles. The first-order valence-electron chi connectivity index (χ1n) is 7.70. The van der Waals surface area contributed by atoms with Gasteiger partial charge in [-0.3, -0.25) is 0 Å². The van der Waals surface area contributed by atoms with Crippen LogP contribution >= 0.6 is 11.6 Å². The van der Waals surface area contributed by atoms with Crippen LogP contribution in [-0.4, -0.2) is 25.2 Å². The maximum Gasteiger partial charge on any atom is 0.337 e. The second-order valence-electron chi connectivity index (χ2n) is 5.30. The van der Waals surface area contributed by atoms with Crippen LogP contribution in [0.25, 0.3) is 11.5 Å². The summed E-state index contributed by atoms with van der Waals surface area (Å²) in [6.45, 7) is 0.178. The normalized spacial score (nSPS) is 10.4. The van der Waals surface area contributed by atoms with Crippen LogP contribution in [-0.2, 0) is 11.3 Å². The molecule has 0 spiro atoms. The van der Waals surface area contributed by atoms with E-state index in [1.54, 1.807) is 19.2 Å². The van der Waals surface area contributed by atoms with Crippen molar-refractivity contribution in [3.63, 3.8) is 0 Å². The SMILES string of the molecule is COC(=O)c1ccc(OCc2coc(-c3ccc(OC)cc3)n2)c(Cl)c1. The Bertz CT molecular complexity index is 905. The smallest absolute Gasteiger partial charge is 0.337 e. The van der Waals surface area contributed by atoms with Crippen LogP contribution in [0.3, 0.4) is 0 Å². The molecule has 3 rings (SSSR count). The predicted octanol–water partition coefficient (Wildman–Crippen LogP) is 4.37. The van der Waals surface area contributed by atoms with Gasteiger partial charge in [-0.15, -0.1) is 0 Å². The Balaban J connectivity index is 1.67. The van der Waals surface area contributed by atoms with Crippen molar-refractivity contribution in [3.05, 3.63) is 65.0 Å². The van der Waals surface area contributed by atoms with E-state index in [-0.39, 0.29) is 6.61 Å². The largest absolute Gasteiger partial charge is 0.497 e. The third-order valence-electron chi connectivity index (χ3n) is 3.62. The Hall–Kier alpha value is -2.99. The molecule has 0 fully saturated rings. The molecule has 1 heterocycles. The van der Waals surface area contributed by atoms with Crippen LogP contribution in [0.5, 0.6) is 11.5 Å². The van der Waals surface area contributed by atoms with Gasteiger partial charge in [0.25, 0.3) is 0 Å². The molecule has 0 atom stereocenters. The highest BCUT2D eigenvalue weighted by Gasteiger charge is 2.11. The molecule has 26 heavy (non-hydrogen) atoms. The van der Waals surface area contributed by atoms with E-state index in [0.29, 0.717) is 27.9 Å². The summed E-state index contributed by atoms with van der Waals surface area (Å²) in [6, 6.07) is 12.1. The quantitative estimate of drug-likeness (QED) is 0.597. The van der Waals surface area contributed by atoms with Gasteiger partial charge in [-0.1, -0.05) is 11.6 Å². The molecule has 0 radical (unpaired) electrons. The van der Waals surface area contributed by atoms with E-state index in [2.05, 4.69) is 9.72 Å². The van der Waals surface area contributed by atoms with Crippen molar-refractivity contribution in [2.45, 2.75) is 6.61 Å². The van der Waals surface area contributed by atoms with E-state index in [4.69, 9.17) is 25.5 Å². The summed E-state index contributed by atoms with van der Waals surface area (Å²) >= 11 is 6.14. The number of carbonyl (C=O) groups is 1. The molecule has 134 valence electrons. The van der Waals surface area contributed by atoms with Crippen molar-refractivity contribution in [3.8, 4) is 23.0 Å². The number of benzene rings is 2. The van der Waals surface area contributed by atoms with Crippen LogP contribution in [0.2, 0.25) is 5.02 Å². The summed E-state index contributed by atoms with van der Waals surface area (Å²) < 4.78 is 20.9. The van der Waals surface area contributed by atoms with Crippen molar-refractivity contribution in [1.29, 1.82) is 0 Å². The standard InChI is InChI=1S/C19H16ClNO5/c1-23-15-6-3-12(4-7-15)18-21-14(11-26-18)10-25-17-8-5-13(9-16(17)20)19(22)24-2/h3-9,11H,10H2,1-2H3. The number of hydrogen-bond acceptors (Lipinski definition) is 6. The summed E-state index contributed by atoms with van der Waals surface area (Å²) in [4.78, 5) is 15.9. The van der Waals surface area contributed by atoms with E-state index < -0.39 is 5.97 Å². The number of hydrogen-bond donors (Lipinski definition) is 0. The lowest BCUT2D eigenvalue weighted by atomic mass is 10.2. The first-order chi connectivity index (χ1) is 12.6. The molecule has 0 saturated heterocycles. The minimum absolute atomic E-state index is 0.178. The predicted molar refractivity (Wildman–Crippen MR) is 95.6 cm³/mol. The maximum atomic E-state index is 11.5. The van der Waals surface area contributed by atoms with E-state index in [9.17, 15) is 4.79 Å². The Morgan fingerprint density at radius 2 is 1.92 bits per heavy atom. The average Bonchev–Trinajstić information content (AvgIpc) is 3.15. The molecular formula is C19H16ClNO5. The van der Waals surface area contributed by atoms with Gasteiger partial charge in [0.15, 0.2) is 0 Å². The molecule has 0 bridgehead atoms. The highest BCUT2D eigenvalue weighted by molar-refractivity contribution is 6.32. The zero-order chi connectivity index (χ0) is 18.5. The molecule has 3 aromatic rings. The number of carbonyl (C=O) groups excluding carboxylic acids is 1. The minimum atomic E-state index is -0.459. The number of ether oxygens (including phenoxy) is 3. The van der Waals surface area contributed by atoms with Gasteiger partial charge < -0.3 is 18.6 Å². The topological polar surface area (TPSA) is 70.8 Å². The number of oxazole rings is 1. The third-order valence-corrected chi connectivity index (χ3v) is 3.91. The lowest BCUT2D eigenvalue weighted by Crippen LogP contribution is -2.02. The second kappa shape index (κ2) is 7.93. The monoisotopic (exact) mass is 373 g/mol. The zero-order valence-electron chi connectivity index (χ0n) is 14.2. The second-order valence-corrected chi connectivity index (χ2v) is 5.71. The van der Waals surface area contributed by atoms with Crippen molar-refractivity contribution >= 4 is 17.6 Å². The van der Waals surface area contributed by atoms with Crippen molar-refractivity contribution in [1.82, 2.24) is 4.98 Å². The van der Waals surface area contributed by atoms with Gasteiger partial charge in [-0.05, 0) is 42.5 Å². The molecule has 0 amide bonds.